The summed E-state index contributed by atoms with van der Waals surface area (Å²) in [6, 6.07) is 24.2. The highest BCUT2D eigenvalue weighted by Crippen LogP contribution is 2.44. The van der Waals surface area contributed by atoms with Crippen molar-refractivity contribution >= 4 is 67.0 Å². The predicted octanol–water partition coefficient (Wildman–Crippen LogP) is 6.43. The lowest BCUT2D eigenvalue weighted by molar-refractivity contribution is 0.0594. The van der Waals surface area contributed by atoms with Gasteiger partial charge in [-0.1, -0.05) is 54.6 Å². The Morgan fingerprint density at radius 1 is 0.700 bits per heavy atom. The predicted molar refractivity (Wildman–Crippen MR) is 189 cm³/mol. The molecule has 0 fully saturated rings. The molecular formula is C40H30N4O6. The van der Waals surface area contributed by atoms with Gasteiger partial charge in [0.1, 0.15) is 5.75 Å². The van der Waals surface area contributed by atoms with Gasteiger partial charge in [0.2, 0.25) is 0 Å². The molecule has 3 amide bonds. The van der Waals surface area contributed by atoms with Gasteiger partial charge in [0.05, 0.1) is 36.4 Å². The van der Waals surface area contributed by atoms with E-state index in [0.717, 1.165) is 11.1 Å². The first-order chi connectivity index (χ1) is 24.3. The van der Waals surface area contributed by atoms with Crippen molar-refractivity contribution in [1.82, 2.24) is 19.8 Å². The molecule has 10 heteroatoms. The quantitative estimate of drug-likeness (QED) is 0.0791. The van der Waals surface area contributed by atoms with Gasteiger partial charge in [-0.15, -0.1) is 0 Å². The van der Waals surface area contributed by atoms with E-state index < -0.39 is 11.9 Å². The minimum absolute atomic E-state index is 0.141. The van der Waals surface area contributed by atoms with E-state index in [2.05, 4.69) is 0 Å². The number of aromatic nitrogens is 2. The van der Waals surface area contributed by atoms with Crippen molar-refractivity contribution in [2.45, 2.75) is 13.0 Å². The summed E-state index contributed by atoms with van der Waals surface area (Å²) >= 11 is 0. The van der Waals surface area contributed by atoms with E-state index in [1.165, 1.54) is 24.4 Å². The summed E-state index contributed by atoms with van der Waals surface area (Å²) in [5, 5.41) is 3.40. The normalized spacial score (nSPS) is 12.7. The molecule has 0 N–H and O–H groups in total. The number of esters is 1. The van der Waals surface area contributed by atoms with Gasteiger partial charge >= 0.3 is 5.97 Å². The van der Waals surface area contributed by atoms with Crippen LogP contribution >= 0.6 is 0 Å². The van der Waals surface area contributed by atoms with Crippen LogP contribution in [0.1, 0.15) is 52.6 Å². The van der Waals surface area contributed by atoms with E-state index >= 15 is 0 Å². The molecule has 8 rings (SSSR count). The summed E-state index contributed by atoms with van der Waals surface area (Å²) in [4.78, 5) is 67.4. The molecule has 0 atom stereocenters. The largest absolute Gasteiger partial charge is 0.497 e. The maximum absolute atomic E-state index is 14.1. The van der Waals surface area contributed by atoms with Crippen LogP contribution in [0, 0.1) is 0 Å². The first kappa shape index (κ1) is 30.9. The number of methoxy groups -OCH3 is 2. The van der Waals surface area contributed by atoms with Crippen LogP contribution in [0.2, 0.25) is 0 Å². The first-order valence-electron chi connectivity index (χ1n) is 16.1. The number of imide groups is 1. The zero-order valence-electron chi connectivity index (χ0n) is 27.5. The summed E-state index contributed by atoms with van der Waals surface area (Å²) < 4.78 is 10.4. The molecule has 5 aromatic carbocycles. The van der Waals surface area contributed by atoms with Gasteiger partial charge < -0.3 is 14.4 Å². The summed E-state index contributed by atoms with van der Waals surface area (Å²) in [5.41, 5.74) is 4.17. The molecule has 10 nitrogen and oxygen atoms in total. The molecule has 1 aliphatic heterocycles. The van der Waals surface area contributed by atoms with E-state index in [-0.39, 0.29) is 23.9 Å². The highest BCUT2D eigenvalue weighted by atomic mass is 16.5. The fourth-order valence-electron chi connectivity index (χ4n) is 7.11. The van der Waals surface area contributed by atoms with Crippen LogP contribution in [0.15, 0.2) is 91.3 Å². The number of rotatable bonds is 8. The van der Waals surface area contributed by atoms with E-state index in [1.54, 1.807) is 37.3 Å². The molecule has 2 aromatic heterocycles. The molecule has 0 saturated heterocycles. The Bertz CT molecular complexity index is 2460. The second kappa shape index (κ2) is 11.9. The number of pyridine rings is 2. The highest BCUT2D eigenvalue weighted by molar-refractivity contribution is 6.38. The fourth-order valence-corrected chi connectivity index (χ4v) is 7.11. The molecule has 0 radical (unpaired) electrons. The number of nitrogens with zero attached hydrogens (tertiary/aromatic N) is 4. The summed E-state index contributed by atoms with van der Waals surface area (Å²) in [7, 11) is 4.58. The molecule has 0 bridgehead atoms. The number of fused-ring (bicyclic) bond motifs is 2. The third-order valence-electron chi connectivity index (χ3n) is 9.56. The van der Waals surface area contributed by atoms with Crippen LogP contribution in [0.5, 0.6) is 5.75 Å². The van der Waals surface area contributed by atoms with Gasteiger partial charge in [0.25, 0.3) is 17.7 Å². The van der Waals surface area contributed by atoms with Gasteiger partial charge in [-0.2, -0.15) is 0 Å². The zero-order valence-corrected chi connectivity index (χ0v) is 27.5. The maximum atomic E-state index is 14.1. The van der Waals surface area contributed by atoms with Crippen molar-refractivity contribution in [3.63, 3.8) is 0 Å². The van der Waals surface area contributed by atoms with Crippen molar-refractivity contribution in [1.29, 1.82) is 0 Å². The third kappa shape index (κ3) is 4.71. The summed E-state index contributed by atoms with van der Waals surface area (Å²) in [6.07, 6.45) is 3.47. The Morgan fingerprint density at radius 2 is 1.36 bits per heavy atom. The van der Waals surface area contributed by atoms with Gasteiger partial charge in [0, 0.05) is 76.0 Å². The second-order valence-corrected chi connectivity index (χ2v) is 12.4. The monoisotopic (exact) mass is 662 g/mol. The SMILES string of the molecule is COC(=O)c1cnc2c3ccc4c5c(cnc(c6ccc(C(=O)N(C)Cc7ccc(OC)cc7)c1c62)c53)C(=O)N(CCc1ccccc1)C4=O. The fraction of sp³-hybridized carbons (Fsp3) is 0.150. The zero-order chi connectivity index (χ0) is 34.7. The number of carbonyl (C=O) groups is 4. The van der Waals surface area contributed by atoms with Crippen molar-refractivity contribution in [3.8, 4) is 5.75 Å². The third-order valence-corrected chi connectivity index (χ3v) is 9.56. The van der Waals surface area contributed by atoms with Gasteiger partial charge in [0.15, 0.2) is 0 Å². The number of hydrogen-bond acceptors (Lipinski definition) is 8. The Hall–Kier alpha value is -6.42. The number of benzene rings is 5. The van der Waals surface area contributed by atoms with Crippen LogP contribution in [0.3, 0.4) is 0 Å². The highest BCUT2D eigenvalue weighted by Gasteiger charge is 2.35. The van der Waals surface area contributed by atoms with Gasteiger partial charge in [-0.05, 0) is 41.8 Å². The summed E-state index contributed by atoms with van der Waals surface area (Å²) in [6.45, 7) is 0.549. The first-order valence-corrected chi connectivity index (χ1v) is 16.1. The van der Waals surface area contributed by atoms with Crippen LogP contribution in [-0.4, -0.2) is 71.3 Å². The lowest BCUT2D eigenvalue weighted by Crippen LogP contribution is -2.41. The van der Waals surface area contributed by atoms with Crippen LogP contribution in [0.25, 0.3) is 43.4 Å². The van der Waals surface area contributed by atoms with Crippen LogP contribution < -0.4 is 4.74 Å². The number of amides is 3. The molecule has 1 aliphatic rings. The Labute approximate surface area is 286 Å². The standard InChI is InChI=1S/C40H30N4O6/c1-43(21-23-9-11-24(49-2)12-10-23)37(45)27-15-13-26-34-32(27)30(40(48)50-3)20-42-36(34)25-14-16-28-31-29(19-41-35(26)33(25)31)39(47)44(38(28)46)18-17-22-7-5-4-6-8-22/h4-16,19-20H,17-18,21H2,1-3H3. The molecule has 0 unspecified atom stereocenters. The average Bonchev–Trinajstić information content (AvgIpc) is 3.15. The minimum atomic E-state index is -0.635. The van der Waals surface area contributed by atoms with Crippen molar-refractivity contribution in [3.05, 3.63) is 125 Å². The smallest absolute Gasteiger partial charge is 0.340 e. The lowest BCUT2D eigenvalue weighted by atomic mass is 9.87. The molecule has 246 valence electrons. The Balaban J connectivity index is 1.29. The molecule has 0 spiro atoms. The second-order valence-electron chi connectivity index (χ2n) is 12.4. The average molecular weight is 663 g/mol. The van der Waals surface area contributed by atoms with Gasteiger partial charge in [-0.25, -0.2) is 4.79 Å². The number of ether oxygens (including phenoxy) is 2. The van der Waals surface area contributed by atoms with Crippen molar-refractivity contribution in [2.24, 2.45) is 0 Å². The molecular weight excluding hydrogens is 632 g/mol. The maximum Gasteiger partial charge on any atom is 0.340 e. The number of hydrogen-bond donors (Lipinski definition) is 0. The molecule has 7 aromatic rings. The van der Waals surface area contributed by atoms with E-state index in [9.17, 15) is 19.2 Å². The molecule has 0 aliphatic carbocycles. The minimum Gasteiger partial charge on any atom is -0.497 e. The van der Waals surface area contributed by atoms with E-state index in [4.69, 9.17) is 19.4 Å². The molecule has 50 heavy (non-hydrogen) atoms. The van der Waals surface area contributed by atoms with Crippen LogP contribution in [0.4, 0.5) is 0 Å². The Morgan fingerprint density at radius 3 is 2.06 bits per heavy atom. The van der Waals surface area contributed by atoms with Crippen LogP contribution in [-0.2, 0) is 17.7 Å². The topological polar surface area (TPSA) is 119 Å². The molecule has 3 heterocycles. The van der Waals surface area contributed by atoms with E-state index in [1.807, 2.05) is 60.7 Å². The lowest BCUT2D eigenvalue weighted by Gasteiger charge is -2.28. The van der Waals surface area contributed by atoms with Gasteiger partial charge in [-0.3, -0.25) is 29.3 Å². The number of carbonyl (C=O) groups excluding carboxylic acids is 4. The molecule has 0 saturated carbocycles. The van der Waals surface area contributed by atoms with Crippen molar-refractivity contribution in [2.75, 3.05) is 27.8 Å². The van der Waals surface area contributed by atoms with Crippen molar-refractivity contribution < 1.29 is 28.7 Å². The Kier molecular flexibility index (Phi) is 7.36. The van der Waals surface area contributed by atoms with E-state index in [0.29, 0.717) is 78.8 Å². The summed E-state index contributed by atoms with van der Waals surface area (Å²) in [5.74, 6) is -0.993.